The van der Waals surface area contributed by atoms with E-state index in [9.17, 15) is 14.0 Å². The number of H-pyrrole nitrogens is 1. The fourth-order valence-electron chi connectivity index (χ4n) is 2.29. The Bertz CT molecular complexity index is 857. The number of nitrogens with one attached hydrogen (secondary N) is 1. The summed E-state index contributed by atoms with van der Waals surface area (Å²) in [5.41, 5.74) is -0.693. The lowest BCUT2D eigenvalue weighted by atomic mass is 10.1. The van der Waals surface area contributed by atoms with Crippen LogP contribution < -0.4 is 5.43 Å². The Labute approximate surface area is 137 Å². The fourth-order valence-corrected chi connectivity index (χ4v) is 2.45. The summed E-state index contributed by atoms with van der Waals surface area (Å²) in [6.07, 6.45) is 1.19. The largest absolute Gasteiger partial charge is 0.358 e. The summed E-state index contributed by atoms with van der Waals surface area (Å²) >= 11 is 5.69. The van der Waals surface area contributed by atoms with Crippen molar-refractivity contribution in [3.63, 3.8) is 0 Å². The van der Waals surface area contributed by atoms with E-state index in [1.165, 1.54) is 23.2 Å². The van der Waals surface area contributed by atoms with E-state index in [1.807, 2.05) is 6.07 Å². The monoisotopic (exact) mass is 335 g/mol. The quantitative estimate of drug-likeness (QED) is 0.933. The molecule has 120 valence electrons. The average molecular weight is 336 g/mol. The number of aromatic nitrogens is 1. The molecule has 1 aromatic carbocycles. The molecular weight excluding hydrogens is 321 g/mol. The van der Waals surface area contributed by atoms with Gasteiger partial charge in [0.1, 0.15) is 5.56 Å². The minimum absolute atomic E-state index is 0.0347. The number of pyridine rings is 1. The van der Waals surface area contributed by atoms with E-state index in [4.69, 9.17) is 16.9 Å². The van der Waals surface area contributed by atoms with Gasteiger partial charge in [-0.2, -0.15) is 5.26 Å². The number of amides is 1. The van der Waals surface area contributed by atoms with Crippen molar-refractivity contribution < 1.29 is 9.18 Å². The van der Waals surface area contributed by atoms with Gasteiger partial charge in [-0.05, 0) is 26.0 Å². The first kappa shape index (κ1) is 17.0. The van der Waals surface area contributed by atoms with Crippen molar-refractivity contribution >= 4 is 28.4 Å². The number of nitrogens with zero attached hydrogens (tertiary/aromatic N) is 2. The Kier molecular flexibility index (Phi) is 5.02. The molecule has 0 spiro atoms. The van der Waals surface area contributed by atoms with E-state index in [1.54, 1.807) is 13.8 Å². The number of hydrogen-bond acceptors (Lipinski definition) is 3. The third kappa shape index (κ3) is 3.20. The number of hydrogen-bond donors (Lipinski definition) is 1. The molecule has 5 nitrogen and oxygen atoms in total. The number of nitriles is 1. The molecule has 0 saturated heterocycles. The maximum atomic E-state index is 13.9. The Balaban J connectivity index is 2.50. The number of carbonyl (C=O) groups is 1. The normalized spacial score (nSPS) is 12.0. The molecule has 23 heavy (non-hydrogen) atoms. The molecular formula is C16H15ClFN3O2. The predicted octanol–water partition coefficient (Wildman–Crippen LogP) is 2.94. The van der Waals surface area contributed by atoms with E-state index in [0.717, 1.165) is 0 Å². The van der Waals surface area contributed by atoms with Crippen molar-refractivity contribution in [2.45, 2.75) is 13.8 Å². The van der Waals surface area contributed by atoms with E-state index in [-0.39, 0.29) is 34.0 Å². The van der Waals surface area contributed by atoms with E-state index < -0.39 is 17.2 Å². The van der Waals surface area contributed by atoms with Crippen LogP contribution in [0.3, 0.4) is 0 Å². The van der Waals surface area contributed by atoms with E-state index >= 15 is 0 Å². The van der Waals surface area contributed by atoms with E-state index in [2.05, 4.69) is 4.98 Å². The van der Waals surface area contributed by atoms with Crippen LogP contribution in [0, 0.1) is 23.1 Å². The minimum atomic E-state index is -0.731. The predicted molar refractivity (Wildman–Crippen MR) is 85.9 cm³/mol. The molecule has 1 aromatic heterocycles. The first-order valence-corrected chi connectivity index (χ1v) is 7.46. The highest BCUT2D eigenvalue weighted by Gasteiger charge is 2.21. The third-order valence-corrected chi connectivity index (χ3v) is 3.85. The van der Waals surface area contributed by atoms with Crippen LogP contribution in [0.15, 0.2) is 23.1 Å². The average Bonchev–Trinajstić information content (AvgIpc) is 2.55. The molecule has 0 unspecified atom stereocenters. The van der Waals surface area contributed by atoms with Crippen molar-refractivity contribution in [3.8, 4) is 6.07 Å². The second kappa shape index (κ2) is 6.80. The zero-order valence-electron chi connectivity index (χ0n) is 12.7. The van der Waals surface area contributed by atoms with Crippen molar-refractivity contribution in [1.29, 1.82) is 5.26 Å². The van der Waals surface area contributed by atoms with E-state index in [0.29, 0.717) is 6.54 Å². The molecule has 0 radical (unpaired) electrons. The standard InChI is InChI=1S/C16H15ClFN3O2/c1-3-21(8-9(2)6-19)16(23)11-7-20-14-10(15(11)22)4-5-12(17)13(14)18/h4-5,7,9H,3,8H2,1-2H3,(H,20,22)/t9-/m0/s1. The number of aromatic amines is 1. The molecule has 1 atom stereocenters. The molecule has 0 fully saturated rings. The highest BCUT2D eigenvalue weighted by molar-refractivity contribution is 6.31. The van der Waals surface area contributed by atoms with Crippen LogP contribution in [0.2, 0.25) is 5.02 Å². The summed E-state index contributed by atoms with van der Waals surface area (Å²) in [5, 5.41) is 8.83. The molecule has 0 bridgehead atoms. The summed E-state index contributed by atoms with van der Waals surface area (Å²) in [6, 6.07) is 4.71. The molecule has 0 aliphatic carbocycles. The smallest absolute Gasteiger partial charge is 0.259 e. The van der Waals surface area contributed by atoms with Crippen molar-refractivity contribution in [3.05, 3.63) is 45.0 Å². The molecule has 1 heterocycles. The SMILES string of the molecule is CCN(C[C@@H](C)C#N)C(=O)c1c[nH]c2c(F)c(Cl)ccc2c1=O. The zero-order chi connectivity index (χ0) is 17.1. The number of rotatable bonds is 4. The first-order chi connectivity index (χ1) is 10.9. The molecule has 0 aliphatic rings. The molecule has 2 aromatic rings. The summed E-state index contributed by atoms with van der Waals surface area (Å²) in [6.45, 7) is 4.03. The minimum Gasteiger partial charge on any atom is -0.358 e. The van der Waals surface area contributed by atoms with Gasteiger partial charge in [-0.3, -0.25) is 9.59 Å². The summed E-state index contributed by atoms with van der Waals surface area (Å²) in [4.78, 5) is 29.0. The van der Waals surface area contributed by atoms with Crippen molar-refractivity contribution in [1.82, 2.24) is 9.88 Å². The second-order valence-corrected chi connectivity index (χ2v) is 5.60. The zero-order valence-corrected chi connectivity index (χ0v) is 13.4. The highest BCUT2D eigenvalue weighted by atomic mass is 35.5. The molecule has 1 N–H and O–H groups in total. The summed E-state index contributed by atoms with van der Waals surface area (Å²) < 4.78 is 13.9. The van der Waals surface area contributed by atoms with Gasteiger partial charge in [0.15, 0.2) is 5.82 Å². The van der Waals surface area contributed by atoms with Crippen LogP contribution in [-0.4, -0.2) is 28.9 Å². The molecule has 0 saturated carbocycles. The van der Waals surface area contributed by atoms with Crippen LogP contribution in [0.5, 0.6) is 0 Å². The lowest BCUT2D eigenvalue weighted by molar-refractivity contribution is 0.0751. The molecule has 2 rings (SSSR count). The number of halogens is 2. The number of fused-ring (bicyclic) bond motifs is 1. The Morgan fingerprint density at radius 2 is 2.22 bits per heavy atom. The van der Waals surface area contributed by atoms with Gasteiger partial charge in [-0.25, -0.2) is 4.39 Å². The van der Waals surface area contributed by atoms with Gasteiger partial charge in [-0.1, -0.05) is 11.6 Å². The molecule has 7 heteroatoms. The van der Waals surface area contributed by atoms with Crippen molar-refractivity contribution in [2.24, 2.45) is 5.92 Å². The fraction of sp³-hybridized carbons (Fsp3) is 0.312. The lowest BCUT2D eigenvalue weighted by Gasteiger charge is -2.21. The summed E-state index contributed by atoms with van der Waals surface area (Å²) in [5.74, 6) is -1.58. The van der Waals surface area contributed by atoms with Gasteiger partial charge in [0, 0.05) is 24.7 Å². The van der Waals surface area contributed by atoms with Gasteiger partial charge in [0.05, 0.1) is 22.5 Å². The highest BCUT2D eigenvalue weighted by Crippen LogP contribution is 2.21. The van der Waals surface area contributed by atoms with Gasteiger partial charge >= 0.3 is 0 Å². The number of carbonyl (C=O) groups excluding carboxylic acids is 1. The number of benzene rings is 1. The van der Waals surface area contributed by atoms with Crippen LogP contribution in [-0.2, 0) is 0 Å². The van der Waals surface area contributed by atoms with Crippen LogP contribution in [0.4, 0.5) is 4.39 Å². The van der Waals surface area contributed by atoms with Crippen LogP contribution in [0.1, 0.15) is 24.2 Å². The third-order valence-electron chi connectivity index (χ3n) is 3.56. The topological polar surface area (TPSA) is 77.0 Å². The first-order valence-electron chi connectivity index (χ1n) is 7.09. The molecule has 0 aliphatic heterocycles. The van der Waals surface area contributed by atoms with Crippen molar-refractivity contribution in [2.75, 3.05) is 13.1 Å². The lowest BCUT2D eigenvalue weighted by Crippen LogP contribution is -2.37. The Hall–Kier alpha value is -2.39. The Morgan fingerprint density at radius 1 is 1.52 bits per heavy atom. The Morgan fingerprint density at radius 3 is 2.83 bits per heavy atom. The van der Waals surface area contributed by atoms with Gasteiger partial charge in [0.2, 0.25) is 5.43 Å². The summed E-state index contributed by atoms with van der Waals surface area (Å²) in [7, 11) is 0. The maximum absolute atomic E-state index is 13.9. The van der Waals surface area contributed by atoms with Crippen LogP contribution >= 0.6 is 11.6 Å². The van der Waals surface area contributed by atoms with Gasteiger partial charge < -0.3 is 9.88 Å². The molecule has 1 amide bonds. The van der Waals surface area contributed by atoms with Gasteiger partial charge in [-0.15, -0.1) is 0 Å². The van der Waals surface area contributed by atoms with Crippen LogP contribution in [0.25, 0.3) is 10.9 Å². The second-order valence-electron chi connectivity index (χ2n) is 5.19. The maximum Gasteiger partial charge on any atom is 0.259 e. The van der Waals surface area contributed by atoms with Gasteiger partial charge in [0.25, 0.3) is 5.91 Å².